The Morgan fingerprint density at radius 3 is 1.50 bits per heavy atom. The summed E-state index contributed by atoms with van der Waals surface area (Å²) in [6.45, 7) is 8.64. The molecule has 0 saturated carbocycles. The van der Waals surface area contributed by atoms with Gasteiger partial charge in [-0.05, 0) is 97.2 Å². The van der Waals surface area contributed by atoms with Crippen LogP contribution >= 0.6 is 0 Å². The number of methoxy groups -OCH3 is 1. The second-order valence-electron chi connectivity index (χ2n) is 14.7. The summed E-state index contributed by atoms with van der Waals surface area (Å²) in [5.41, 5.74) is 3.44. The molecule has 16 nitrogen and oxygen atoms in total. The second-order valence-corrected chi connectivity index (χ2v) is 14.7. The molecule has 2 fully saturated rings. The van der Waals surface area contributed by atoms with Crippen molar-refractivity contribution >= 4 is 24.0 Å². The quantitative estimate of drug-likeness (QED) is 0.0889. The first-order valence-electron chi connectivity index (χ1n) is 18.9. The Kier molecular flexibility index (Phi) is 12.6. The SMILES string of the molecule is COOC(=O)N[C@H](C(=O)N1CCC[C@H]1c1ncc(-c2ccc(Oc3ccc(-c4cnc([C@@H]5CCCN5C(=O)[C@@H](NC(=O)OC)C(C)C)[nH]4)cc3)cc2)[nH]1)C(C)C. The van der Waals surface area contributed by atoms with E-state index >= 15 is 0 Å². The largest absolute Gasteiger partial charge is 0.457 e. The van der Waals surface area contributed by atoms with Crippen LogP contribution in [0.1, 0.15) is 77.1 Å². The maximum absolute atomic E-state index is 13.5. The smallest absolute Gasteiger partial charge is 0.439 e. The van der Waals surface area contributed by atoms with Crippen LogP contribution in [0.4, 0.5) is 9.59 Å². The number of likely N-dealkylation sites (tertiary alicyclic amines) is 2. The van der Waals surface area contributed by atoms with Crippen molar-refractivity contribution < 1.29 is 38.4 Å². The lowest BCUT2D eigenvalue weighted by atomic mass is 10.0. The fraction of sp³-hybridized carbons (Fsp3) is 0.450. The number of imidazole rings is 2. The van der Waals surface area contributed by atoms with Crippen LogP contribution < -0.4 is 15.4 Å². The number of benzene rings is 2. The maximum atomic E-state index is 13.5. The molecule has 2 aliphatic heterocycles. The maximum Gasteiger partial charge on any atom is 0.439 e. The number of hydrogen-bond acceptors (Lipinski definition) is 10. The normalized spacial score (nSPS) is 17.9. The van der Waals surface area contributed by atoms with Gasteiger partial charge in [-0.15, -0.1) is 0 Å². The topological polar surface area (TPSA) is 193 Å². The molecular formula is C40H50N8O8. The Morgan fingerprint density at radius 2 is 1.11 bits per heavy atom. The Bertz CT molecular complexity index is 1980. The highest BCUT2D eigenvalue weighted by atomic mass is 17.2. The zero-order valence-corrected chi connectivity index (χ0v) is 32.5. The van der Waals surface area contributed by atoms with Gasteiger partial charge < -0.3 is 39.9 Å². The van der Waals surface area contributed by atoms with Crippen LogP contribution in [-0.4, -0.2) is 93.1 Å². The monoisotopic (exact) mass is 770 g/mol. The third-order valence-corrected chi connectivity index (χ3v) is 10.2. The van der Waals surface area contributed by atoms with Crippen LogP contribution in [0.5, 0.6) is 11.5 Å². The lowest BCUT2D eigenvalue weighted by Gasteiger charge is -2.30. The van der Waals surface area contributed by atoms with E-state index in [2.05, 4.69) is 40.3 Å². The molecule has 0 radical (unpaired) electrons. The van der Waals surface area contributed by atoms with Crippen LogP contribution in [0, 0.1) is 11.8 Å². The standard InChI is InChI=1S/C40H50N8O8/c1-23(2)33(45-39(51)53-5)37(49)47-19-7-9-31(47)35-41-21-29(43-35)25-11-15-27(16-12-25)55-28-17-13-26(14-18-28)30-22-42-36(44-30)32-10-8-20-48(32)38(50)34(24(3)4)46-40(52)56-54-6/h11-18,21-24,31-34H,7-10,19-20H2,1-6H3,(H,41,43)(H,42,44)(H,45,51)(H,46,52)/t31-,32-,33-,34-/m0/s1. The Labute approximate surface area is 325 Å². The molecule has 16 heteroatoms. The van der Waals surface area contributed by atoms with E-state index in [4.69, 9.17) is 9.47 Å². The molecule has 0 aliphatic carbocycles. The molecule has 4 atom stereocenters. The van der Waals surface area contributed by atoms with E-state index in [9.17, 15) is 19.2 Å². The van der Waals surface area contributed by atoms with Gasteiger partial charge in [0.1, 0.15) is 35.2 Å². The number of ether oxygens (including phenoxy) is 2. The lowest BCUT2D eigenvalue weighted by molar-refractivity contribution is -0.213. The number of rotatable bonds is 13. The second kappa shape index (κ2) is 17.7. The summed E-state index contributed by atoms with van der Waals surface area (Å²) in [6.07, 6.45) is 5.23. The number of carbonyl (C=O) groups is 4. The molecule has 4 aromatic rings. The van der Waals surface area contributed by atoms with Crippen LogP contribution in [0.15, 0.2) is 60.9 Å². The van der Waals surface area contributed by atoms with Crippen molar-refractivity contribution in [2.45, 2.75) is 77.5 Å². The van der Waals surface area contributed by atoms with Crippen molar-refractivity contribution in [2.75, 3.05) is 27.3 Å². The highest BCUT2D eigenvalue weighted by Crippen LogP contribution is 2.35. The van der Waals surface area contributed by atoms with Gasteiger partial charge in [0.15, 0.2) is 0 Å². The highest BCUT2D eigenvalue weighted by molar-refractivity contribution is 5.87. The van der Waals surface area contributed by atoms with E-state index in [1.165, 1.54) is 14.2 Å². The first-order chi connectivity index (χ1) is 27.0. The van der Waals surface area contributed by atoms with Gasteiger partial charge in [-0.2, -0.15) is 4.89 Å². The van der Waals surface area contributed by atoms with Gasteiger partial charge in [0.25, 0.3) is 0 Å². The third-order valence-electron chi connectivity index (χ3n) is 10.2. The molecule has 2 aliphatic rings. The minimum atomic E-state index is -0.819. The van der Waals surface area contributed by atoms with Gasteiger partial charge in [0, 0.05) is 13.1 Å². The first-order valence-corrected chi connectivity index (χ1v) is 18.9. The number of hydrogen-bond donors (Lipinski definition) is 4. The van der Waals surface area contributed by atoms with Crippen LogP contribution in [0.25, 0.3) is 22.5 Å². The summed E-state index contributed by atoms with van der Waals surface area (Å²) < 4.78 is 10.9. The molecule has 56 heavy (non-hydrogen) atoms. The van der Waals surface area contributed by atoms with Gasteiger partial charge >= 0.3 is 12.2 Å². The lowest BCUT2D eigenvalue weighted by Crippen LogP contribution is -2.51. The molecule has 0 bridgehead atoms. The zero-order chi connectivity index (χ0) is 39.9. The van der Waals surface area contributed by atoms with Gasteiger partial charge in [-0.1, -0.05) is 27.7 Å². The van der Waals surface area contributed by atoms with Crippen molar-refractivity contribution in [1.29, 1.82) is 0 Å². The summed E-state index contributed by atoms with van der Waals surface area (Å²) in [7, 11) is 2.51. The molecule has 6 rings (SSSR count). The number of aromatic nitrogens is 4. The fourth-order valence-electron chi connectivity index (χ4n) is 7.27. The molecule has 4 amide bonds. The number of alkyl carbamates (subject to hydrolysis) is 1. The van der Waals surface area contributed by atoms with Crippen LogP contribution in [0.3, 0.4) is 0 Å². The van der Waals surface area contributed by atoms with E-state index in [0.717, 1.165) is 48.2 Å². The van der Waals surface area contributed by atoms with E-state index in [1.54, 1.807) is 22.2 Å². The third kappa shape index (κ3) is 8.96. The van der Waals surface area contributed by atoms with Crippen molar-refractivity contribution in [1.82, 2.24) is 40.4 Å². The highest BCUT2D eigenvalue weighted by Gasteiger charge is 2.39. The Morgan fingerprint density at radius 1 is 0.679 bits per heavy atom. The van der Waals surface area contributed by atoms with Crippen molar-refractivity contribution in [3.05, 3.63) is 72.6 Å². The number of H-pyrrole nitrogens is 2. The van der Waals surface area contributed by atoms with E-state index in [0.29, 0.717) is 36.2 Å². The average Bonchev–Trinajstić information content (AvgIpc) is 4.02. The molecular weight excluding hydrogens is 720 g/mol. The molecule has 2 aromatic carbocycles. The number of nitrogens with zero attached hydrogens (tertiary/aromatic N) is 4. The number of nitrogens with one attached hydrogen (secondary N) is 4. The minimum Gasteiger partial charge on any atom is -0.457 e. The number of aromatic amines is 2. The molecule has 2 aromatic heterocycles. The summed E-state index contributed by atoms with van der Waals surface area (Å²) in [5.74, 6) is 2.06. The van der Waals surface area contributed by atoms with Crippen molar-refractivity contribution in [3.8, 4) is 34.0 Å². The first kappa shape index (κ1) is 39.8. The van der Waals surface area contributed by atoms with Gasteiger partial charge in [-0.3, -0.25) is 14.5 Å². The fourth-order valence-corrected chi connectivity index (χ4v) is 7.27. The summed E-state index contributed by atoms with van der Waals surface area (Å²) in [6, 6.07) is 13.4. The van der Waals surface area contributed by atoms with Gasteiger partial charge in [-0.25, -0.2) is 19.6 Å². The summed E-state index contributed by atoms with van der Waals surface area (Å²) in [4.78, 5) is 79.6. The van der Waals surface area contributed by atoms with Gasteiger partial charge in [0.2, 0.25) is 11.8 Å². The molecule has 4 N–H and O–H groups in total. The summed E-state index contributed by atoms with van der Waals surface area (Å²) in [5, 5.41) is 5.29. The zero-order valence-electron chi connectivity index (χ0n) is 32.5. The van der Waals surface area contributed by atoms with Crippen molar-refractivity contribution in [2.24, 2.45) is 11.8 Å². The van der Waals surface area contributed by atoms with Crippen LogP contribution in [-0.2, 0) is 24.1 Å². The minimum absolute atomic E-state index is 0.114. The molecule has 0 unspecified atom stereocenters. The average molecular weight is 771 g/mol. The molecule has 298 valence electrons. The van der Waals surface area contributed by atoms with E-state index in [1.807, 2.05) is 76.2 Å². The predicted molar refractivity (Wildman–Crippen MR) is 205 cm³/mol. The Hall–Kier alpha value is -5.90. The predicted octanol–water partition coefficient (Wildman–Crippen LogP) is 6.28. The summed E-state index contributed by atoms with van der Waals surface area (Å²) >= 11 is 0. The number of carbonyl (C=O) groups excluding carboxylic acids is 4. The number of amides is 4. The molecule has 4 heterocycles. The molecule has 2 saturated heterocycles. The molecule has 0 spiro atoms. The van der Waals surface area contributed by atoms with Crippen molar-refractivity contribution in [3.63, 3.8) is 0 Å². The Balaban J connectivity index is 1.06. The van der Waals surface area contributed by atoms with E-state index < -0.39 is 24.3 Å². The van der Waals surface area contributed by atoms with E-state index in [-0.39, 0.29) is 35.7 Å². The van der Waals surface area contributed by atoms with Crippen LogP contribution in [0.2, 0.25) is 0 Å². The van der Waals surface area contributed by atoms with Gasteiger partial charge in [0.05, 0.1) is 50.1 Å².